The summed E-state index contributed by atoms with van der Waals surface area (Å²) in [5.41, 5.74) is 0.0194. The van der Waals surface area contributed by atoms with E-state index < -0.39 is 11.7 Å². The highest BCUT2D eigenvalue weighted by Gasteiger charge is 2.36. The van der Waals surface area contributed by atoms with Gasteiger partial charge in [-0.15, -0.1) is 0 Å². The Hall–Kier alpha value is -2.65. The molecule has 28 heavy (non-hydrogen) atoms. The molecule has 146 valence electrons. The molecule has 0 fully saturated rings. The maximum absolute atomic E-state index is 13.4. The smallest absolute Gasteiger partial charge is 0.353 e. The highest BCUT2D eigenvalue weighted by molar-refractivity contribution is 6.42. The molecular formula is C17H13Cl2F3N6. The van der Waals surface area contributed by atoms with Gasteiger partial charge in [-0.2, -0.15) is 18.2 Å². The van der Waals surface area contributed by atoms with Crippen molar-refractivity contribution in [3.63, 3.8) is 0 Å². The molecule has 0 aliphatic rings. The molecule has 0 unspecified atom stereocenters. The van der Waals surface area contributed by atoms with E-state index in [1.165, 1.54) is 36.6 Å². The molecule has 1 aromatic carbocycles. The van der Waals surface area contributed by atoms with Crippen LogP contribution in [0.15, 0.2) is 43.0 Å². The van der Waals surface area contributed by atoms with Gasteiger partial charge < -0.3 is 10.2 Å². The zero-order chi connectivity index (χ0) is 20.3. The van der Waals surface area contributed by atoms with Gasteiger partial charge >= 0.3 is 6.18 Å². The predicted molar refractivity (Wildman–Crippen MR) is 101 cm³/mol. The summed E-state index contributed by atoms with van der Waals surface area (Å²) in [7, 11) is 1.48. The quantitative estimate of drug-likeness (QED) is 0.618. The topological polar surface area (TPSA) is 66.8 Å². The van der Waals surface area contributed by atoms with Gasteiger partial charge in [-0.05, 0) is 18.2 Å². The lowest BCUT2D eigenvalue weighted by atomic mass is 10.2. The minimum absolute atomic E-state index is 0.0209. The Balaban J connectivity index is 1.93. The van der Waals surface area contributed by atoms with Gasteiger partial charge in [-0.1, -0.05) is 23.2 Å². The molecule has 0 spiro atoms. The molecule has 1 N–H and O–H groups in total. The molecule has 6 nitrogen and oxygen atoms in total. The summed E-state index contributed by atoms with van der Waals surface area (Å²) in [5, 5.41) is 3.46. The third-order valence-electron chi connectivity index (χ3n) is 3.63. The highest BCUT2D eigenvalue weighted by Crippen LogP contribution is 2.36. The monoisotopic (exact) mass is 428 g/mol. The molecule has 3 rings (SSSR count). The van der Waals surface area contributed by atoms with Crippen LogP contribution in [-0.4, -0.2) is 27.0 Å². The summed E-state index contributed by atoms with van der Waals surface area (Å²) < 4.78 is 40.2. The number of alkyl halides is 3. The largest absolute Gasteiger partial charge is 0.421 e. The van der Waals surface area contributed by atoms with Crippen LogP contribution in [0, 0.1) is 0 Å². The molecule has 2 heterocycles. The van der Waals surface area contributed by atoms with Crippen molar-refractivity contribution in [1.29, 1.82) is 0 Å². The standard InChI is InChI=1S/C17H13Cl2F3N6/c1-28(9-11-7-23-4-5-24-11)15-12(17(20,21)22)8-25-16(27-15)26-10-2-3-13(18)14(19)6-10/h2-8H,9H2,1H3,(H,25,26,27). The summed E-state index contributed by atoms with van der Waals surface area (Å²) in [4.78, 5) is 17.1. The first kappa shape index (κ1) is 20.1. The number of nitrogens with zero attached hydrogens (tertiary/aromatic N) is 5. The summed E-state index contributed by atoms with van der Waals surface area (Å²) in [5.74, 6) is -0.317. The van der Waals surface area contributed by atoms with E-state index in [9.17, 15) is 13.2 Å². The Kier molecular flexibility index (Phi) is 5.85. The van der Waals surface area contributed by atoms with Crippen molar-refractivity contribution in [2.45, 2.75) is 12.7 Å². The van der Waals surface area contributed by atoms with Crippen molar-refractivity contribution >= 4 is 40.7 Å². The van der Waals surface area contributed by atoms with Crippen molar-refractivity contribution < 1.29 is 13.2 Å². The number of rotatable bonds is 5. The Morgan fingerprint density at radius 1 is 1.07 bits per heavy atom. The van der Waals surface area contributed by atoms with E-state index in [4.69, 9.17) is 23.2 Å². The zero-order valence-corrected chi connectivity index (χ0v) is 15.9. The van der Waals surface area contributed by atoms with E-state index in [0.29, 0.717) is 21.4 Å². The first-order valence-corrected chi connectivity index (χ1v) is 8.62. The van der Waals surface area contributed by atoms with E-state index >= 15 is 0 Å². The van der Waals surface area contributed by atoms with Gasteiger partial charge in [-0.25, -0.2) is 4.98 Å². The molecule has 0 bridgehead atoms. The van der Waals surface area contributed by atoms with E-state index in [0.717, 1.165) is 6.20 Å². The lowest BCUT2D eigenvalue weighted by molar-refractivity contribution is -0.137. The number of anilines is 3. The van der Waals surface area contributed by atoms with Gasteiger partial charge in [0.25, 0.3) is 0 Å². The van der Waals surface area contributed by atoms with Crippen LogP contribution in [-0.2, 0) is 12.7 Å². The van der Waals surface area contributed by atoms with Crippen LogP contribution in [0.5, 0.6) is 0 Å². The number of aromatic nitrogens is 4. The van der Waals surface area contributed by atoms with Gasteiger partial charge in [0, 0.05) is 31.3 Å². The molecule has 0 radical (unpaired) electrons. The molecule has 0 atom stereocenters. The van der Waals surface area contributed by atoms with Gasteiger partial charge in [0.1, 0.15) is 11.4 Å². The SMILES string of the molecule is CN(Cc1cnccn1)c1nc(Nc2ccc(Cl)c(Cl)c2)ncc1C(F)(F)F. The van der Waals surface area contributed by atoms with Crippen LogP contribution < -0.4 is 10.2 Å². The maximum Gasteiger partial charge on any atom is 0.421 e. The van der Waals surface area contributed by atoms with Gasteiger partial charge in [0.15, 0.2) is 0 Å². The summed E-state index contributed by atoms with van der Waals surface area (Å²) in [6, 6.07) is 4.68. The fraction of sp³-hybridized carbons (Fsp3) is 0.176. The molecule has 0 aliphatic heterocycles. The second-order valence-electron chi connectivity index (χ2n) is 5.74. The third kappa shape index (κ3) is 4.79. The fourth-order valence-electron chi connectivity index (χ4n) is 2.36. The Morgan fingerprint density at radius 3 is 2.50 bits per heavy atom. The van der Waals surface area contributed by atoms with Gasteiger partial charge in [0.2, 0.25) is 5.95 Å². The molecule has 2 aromatic heterocycles. The zero-order valence-electron chi connectivity index (χ0n) is 14.4. The Morgan fingerprint density at radius 2 is 1.86 bits per heavy atom. The van der Waals surface area contributed by atoms with E-state index in [-0.39, 0.29) is 18.3 Å². The number of hydrogen-bond acceptors (Lipinski definition) is 6. The van der Waals surface area contributed by atoms with Crippen molar-refractivity contribution in [3.8, 4) is 0 Å². The molecule has 0 saturated heterocycles. The van der Waals surface area contributed by atoms with Crippen molar-refractivity contribution in [1.82, 2.24) is 19.9 Å². The van der Waals surface area contributed by atoms with Crippen molar-refractivity contribution in [2.75, 3.05) is 17.3 Å². The van der Waals surface area contributed by atoms with Crippen LogP contribution in [0.3, 0.4) is 0 Å². The summed E-state index contributed by atoms with van der Waals surface area (Å²) in [6.45, 7) is 0.0835. The summed E-state index contributed by atoms with van der Waals surface area (Å²) in [6.07, 6.45) is 0.531. The molecule has 3 aromatic rings. The molecule has 11 heteroatoms. The van der Waals surface area contributed by atoms with Crippen LogP contribution in [0.1, 0.15) is 11.3 Å². The molecule has 0 saturated carbocycles. The molecular weight excluding hydrogens is 416 g/mol. The Labute approximate surface area is 168 Å². The molecule has 0 amide bonds. The first-order chi connectivity index (χ1) is 13.2. The minimum Gasteiger partial charge on any atom is -0.353 e. The number of nitrogens with one attached hydrogen (secondary N) is 1. The highest BCUT2D eigenvalue weighted by atomic mass is 35.5. The first-order valence-electron chi connectivity index (χ1n) is 7.86. The fourth-order valence-corrected chi connectivity index (χ4v) is 2.65. The van der Waals surface area contributed by atoms with E-state index in [2.05, 4.69) is 25.3 Å². The third-order valence-corrected chi connectivity index (χ3v) is 4.37. The van der Waals surface area contributed by atoms with Gasteiger partial charge in [-0.3, -0.25) is 9.97 Å². The number of benzene rings is 1. The number of hydrogen-bond donors (Lipinski definition) is 1. The Bertz CT molecular complexity index is 969. The van der Waals surface area contributed by atoms with Crippen molar-refractivity contribution in [2.24, 2.45) is 0 Å². The van der Waals surface area contributed by atoms with Crippen LogP contribution >= 0.6 is 23.2 Å². The van der Waals surface area contributed by atoms with Crippen LogP contribution in [0.25, 0.3) is 0 Å². The summed E-state index contributed by atoms with van der Waals surface area (Å²) >= 11 is 11.8. The predicted octanol–water partition coefficient (Wildman–Crippen LogP) is 4.97. The average molecular weight is 429 g/mol. The second-order valence-corrected chi connectivity index (χ2v) is 6.55. The van der Waals surface area contributed by atoms with Crippen molar-refractivity contribution in [3.05, 3.63) is 64.3 Å². The second kappa shape index (κ2) is 8.15. The lowest BCUT2D eigenvalue weighted by Crippen LogP contribution is -2.23. The number of halogens is 5. The maximum atomic E-state index is 13.4. The minimum atomic E-state index is -4.62. The van der Waals surface area contributed by atoms with E-state index in [1.54, 1.807) is 12.1 Å². The van der Waals surface area contributed by atoms with E-state index in [1.807, 2.05) is 0 Å². The van der Waals surface area contributed by atoms with Crippen LogP contribution in [0.2, 0.25) is 10.0 Å². The lowest BCUT2D eigenvalue weighted by Gasteiger charge is -2.22. The average Bonchev–Trinajstić information content (AvgIpc) is 2.64. The molecule has 0 aliphatic carbocycles. The normalized spacial score (nSPS) is 11.4. The van der Waals surface area contributed by atoms with Gasteiger partial charge in [0.05, 0.1) is 28.5 Å². The van der Waals surface area contributed by atoms with Crippen LogP contribution in [0.4, 0.5) is 30.6 Å².